The average Bonchev–Trinajstić information content (AvgIpc) is 2.86. The highest BCUT2D eigenvalue weighted by Gasteiger charge is 2.21. The Morgan fingerprint density at radius 1 is 1.33 bits per heavy atom. The van der Waals surface area contributed by atoms with Crippen LogP contribution >= 0.6 is 0 Å². The summed E-state index contributed by atoms with van der Waals surface area (Å²) in [5, 5.41) is 4.78. The van der Waals surface area contributed by atoms with Crippen LogP contribution in [0.3, 0.4) is 0 Å². The standard InChI is InChI=1S/C12H13F2N3O3S/c1-2-17-7-16-5-8(17)6-20-9-3-4-10(21(15,18)19)12(14)11(9)13/h3-5,7H,2,6H2,1H3,(H2,15,18,19). The highest BCUT2D eigenvalue weighted by atomic mass is 32.2. The molecule has 0 saturated carbocycles. The van der Waals surface area contributed by atoms with E-state index in [4.69, 9.17) is 9.88 Å². The first-order chi connectivity index (χ1) is 9.84. The molecule has 2 aromatic rings. The van der Waals surface area contributed by atoms with Crippen molar-refractivity contribution in [1.82, 2.24) is 9.55 Å². The lowest BCUT2D eigenvalue weighted by Crippen LogP contribution is -2.15. The predicted octanol–water partition coefficient (Wildman–Crippen LogP) is 1.41. The third-order valence-electron chi connectivity index (χ3n) is 2.83. The molecule has 0 radical (unpaired) electrons. The first-order valence-corrected chi connectivity index (χ1v) is 7.51. The summed E-state index contributed by atoms with van der Waals surface area (Å²) in [4.78, 5) is 3.00. The van der Waals surface area contributed by atoms with E-state index in [1.807, 2.05) is 6.92 Å². The first-order valence-electron chi connectivity index (χ1n) is 5.97. The van der Waals surface area contributed by atoms with Crippen molar-refractivity contribution in [3.05, 3.63) is 42.0 Å². The van der Waals surface area contributed by atoms with Crippen molar-refractivity contribution >= 4 is 10.0 Å². The van der Waals surface area contributed by atoms with Gasteiger partial charge in [-0.1, -0.05) is 0 Å². The van der Waals surface area contributed by atoms with Gasteiger partial charge in [-0.05, 0) is 19.1 Å². The van der Waals surface area contributed by atoms with Gasteiger partial charge in [-0.25, -0.2) is 22.9 Å². The largest absolute Gasteiger partial charge is 0.484 e. The molecule has 0 aliphatic rings. The van der Waals surface area contributed by atoms with Gasteiger partial charge in [0.05, 0.1) is 18.2 Å². The zero-order valence-electron chi connectivity index (χ0n) is 11.1. The number of imidazole rings is 1. The summed E-state index contributed by atoms with van der Waals surface area (Å²) in [6, 6.07) is 1.88. The summed E-state index contributed by atoms with van der Waals surface area (Å²) < 4.78 is 56.5. The van der Waals surface area contributed by atoms with Crippen molar-refractivity contribution in [1.29, 1.82) is 0 Å². The highest BCUT2D eigenvalue weighted by Crippen LogP contribution is 2.25. The highest BCUT2D eigenvalue weighted by molar-refractivity contribution is 7.89. The summed E-state index contributed by atoms with van der Waals surface area (Å²) in [7, 11) is -4.33. The van der Waals surface area contributed by atoms with Crippen LogP contribution in [0.2, 0.25) is 0 Å². The molecule has 9 heteroatoms. The molecule has 0 saturated heterocycles. The van der Waals surface area contributed by atoms with Gasteiger partial charge in [0.1, 0.15) is 11.5 Å². The van der Waals surface area contributed by atoms with E-state index in [2.05, 4.69) is 4.98 Å². The maximum atomic E-state index is 13.8. The molecule has 2 N–H and O–H groups in total. The number of aromatic nitrogens is 2. The third kappa shape index (κ3) is 3.19. The SMILES string of the molecule is CCn1cncc1COc1ccc(S(N)(=O)=O)c(F)c1F. The van der Waals surface area contributed by atoms with Crippen LogP contribution in [-0.2, 0) is 23.2 Å². The molecule has 1 heterocycles. The summed E-state index contributed by atoms with van der Waals surface area (Å²) in [5.41, 5.74) is 0.674. The molecule has 0 spiro atoms. The van der Waals surface area contributed by atoms with Crippen LogP contribution in [0.25, 0.3) is 0 Å². The predicted molar refractivity (Wildman–Crippen MR) is 70.0 cm³/mol. The van der Waals surface area contributed by atoms with Crippen LogP contribution in [0, 0.1) is 11.6 Å². The average molecular weight is 317 g/mol. The molecule has 0 amide bonds. The smallest absolute Gasteiger partial charge is 0.241 e. The second-order valence-corrected chi connectivity index (χ2v) is 5.72. The molecule has 1 aromatic heterocycles. The second-order valence-electron chi connectivity index (χ2n) is 4.19. The van der Waals surface area contributed by atoms with Crippen molar-refractivity contribution in [2.45, 2.75) is 25.0 Å². The lowest BCUT2D eigenvalue weighted by Gasteiger charge is -2.10. The Morgan fingerprint density at radius 3 is 2.67 bits per heavy atom. The number of rotatable bonds is 5. The number of hydrogen-bond donors (Lipinski definition) is 1. The molecular formula is C12H13F2N3O3S. The van der Waals surface area contributed by atoms with Crippen molar-refractivity contribution in [2.75, 3.05) is 0 Å². The topological polar surface area (TPSA) is 87.2 Å². The molecular weight excluding hydrogens is 304 g/mol. The number of benzene rings is 1. The lowest BCUT2D eigenvalue weighted by atomic mass is 10.3. The molecule has 0 unspecified atom stereocenters. The van der Waals surface area contributed by atoms with Gasteiger partial charge in [0.25, 0.3) is 0 Å². The van der Waals surface area contributed by atoms with E-state index >= 15 is 0 Å². The van der Waals surface area contributed by atoms with Gasteiger partial charge in [-0.3, -0.25) is 0 Å². The molecule has 114 valence electrons. The Balaban J connectivity index is 2.24. The number of primary sulfonamides is 1. The number of nitrogens with two attached hydrogens (primary N) is 1. The Kier molecular flexibility index (Phi) is 4.24. The maximum Gasteiger partial charge on any atom is 0.241 e. The van der Waals surface area contributed by atoms with E-state index in [9.17, 15) is 17.2 Å². The Morgan fingerprint density at radius 2 is 2.05 bits per heavy atom. The fourth-order valence-electron chi connectivity index (χ4n) is 1.75. The molecule has 0 aliphatic carbocycles. The first kappa shape index (κ1) is 15.4. The van der Waals surface area contributed by atoms with Crippen LogP contribution in [0.5, 0.6) is 5.75 Å². The second kappa shape index (κ2) is 5.78. The molecule has 6 nitrogen and oxygen atoms in total. The Hall–Kier alpha value is -2.00. The van der Waals surface area contributed by atoms with Gasteiger partial charge in [-0.2, -0.15) is 4.39 Å². The van der Waals surface area contributed by atoms with Crippen molar-refractivity contribution in [3.8, 4) is 5.75 Å². The Bertz CT molecular complexity index is 759. The van der Waals surface area contributed by atoms with Crippen LogP contribution in [0.4, 0.5) is 8.78 Å². The van der Waals surface area contributed by atoms with E-state index < -0.39 is 32.3 Å². The van der Waals surface area contributed by atoms with Crippen LogP contribution in [0.1, 0.15) is 12.6 Å². The number of sulfonamides is 1. The molecule has 21 heavy (non-hydrogen) atoms. The van der Waals surface area contributed by atoms with E-state index in [1.165, 1.54) is 6.20 Å². The van der Waals surface area contributed by atoms with E-state index in [0.717, 1.165) is 12.1 Å². The third-order valence-corrected chi connectivity index (χ3v) is 3.76. The molecule has 1 aromatic carbocycles. The van der Waals surface area contributed by atoms with Gasteiger partial charge in [-0.15, -0.1) is 0 Å². The molecule has 0 atom stereocenters. The number of aryl methyl sites for hydroxylation is 1. The van der Waals surface area contributed by atoms with Crippen molar-refractivity contribution in [2.24, 2.45) is 5.14 Å². The van der Waals surface area contributed by atoms with Gasteiger partial charge in [0, 0.05) is 6.54 Å². The monoisotopic (exact) mass is 317 g/mol. The molecule has 0 aliphatic heterocycles. The van der Waals surface area contributed by atoms with Gasteiger partial charge < -0.3 is 9.30 Å². The molecule has 0 fully saturated rings. The zero-order chi connectivity index (χ0) is 15.6. The molecule has 0 bridgehead atoms. The Labute approximate surface area is 120 Å². The van der Waals surface area contributed by atoms with Crippen LogP contribution < -0.4 is 9.88 Å². The minimum absolute atomic E-state index is 0.0288. The summed E-state index contributed by atoms with van der Waals surface area (Å²) in [6.45, 7) is 2.52. The van der Waals surface area contributed by atoms with Crippen LogP contribution in [0.15, 0.2) is 29.6 Å². The maximum absolute atomic E-state index is 13.8. The number of ether oxygens (including phenoxy) is 1. The number of nitrogens with zero attached hydrogens (tertiary/aromatic N) is 2. The summed E-state index contributed by atoms with van der Waals surface area (Å²) in [6.07, 6.45) is 3.12. The number of halogens is 2. The fraction of sp³-hybridized carbons (Fsp3) is 0.250. The fourth-order valence-corrected chi connectivity index (χ4v) is 2.35. The van der Waals surface area contributed by atoms with Crippen molar-refractivity contribution < 1.29 is 21.9 Å². The zero-order valence-corrected chi connectivity index (χ0v) is 11.9. The van der Waals surface area contributed by atoms with E-state index in [0.29, 0.717) is 12.2 Å². The normalized spacial score (nSPS) is 11.6. The summed E-state index contributed by atoms with van der Waals surface area (Å²) in [5.74, 6) is -3.35. The summed E-state index contributed by atoms with van der Waals surface area (Å²) >= 11 is 0. The minimum atomic E-state index is -4.33. The number of hydrogen-bond acceptors (Lipinski definition) is 4. The quantitative estimate of drug-likeness (QED) is 0.903. The van der Waals surface area contributed by atoms with Crippen molar-refractivity contribution in [3.63, 3.8) is 0 Å². The lowest BCUT2D eigenvalue weighted by molar-refractivity contribution is 0.274. The minimum Gasteiger partial charge on any atom is -0.484 e. The van der Waals surface area contributed by atoms with E-state index in [-0.39, 0.29) is 6.61 Å². The van der Waals surface area contributed by atoms with Gasteiger partial charge >= 0.3 is 0 Å². The van der Waals surface area contributed by atoms with Gasteiger partial charge in [0.2, 0.25) is 15.8 Å². The van der Waals surface area contributed by atoms with Crippen LogP contribution in [-0.4, -0.2) is 18.0 Å². The molecule has 2 rings (SSSR count). The van der Waals surface area contributed by atoms with Gasteiger partial charge in [0.15, 0.2) is 11.6 Å². The van der Waals surface area contributed by atoms with E-state index in [1.54, 1.807) is 10.9 Å².